The zero-order chi connectivity index (χ0) is 15.4. The number of benzene rings is 1. The molecule has 2 aromatic rings. The lowest BCUT2D eigenvalue weighted by atomic mass is 10.2. The summed E-state index contributed by atoms with van der Waals surface area (Å²) in [6.07, 6.45) is 4.34. The lowest BCUT2D eigenvalue weighted by Crippen LogP contribution is -2.34. The van der Waals surface area contributed by atoms with Gasteiger partial charge in [-0.3, -0.25) is 4.98 Å². The van der Waals surface area contributed by atoms with Crippen LogP contribution < -0.4 is 10.6 Å². The van der Waals surface area contributed by atoms with Crippen LogP contribution in [0.4, 0.5) is 4.79 Å². The average Bonchev–Trinajstić information content (AvgIpc) is 3.38. The summed E-state index contributed by atoms with van der Waals surface area (Å²) >= 11 is 5.82. The molecule has 4 nitrogen and oxygen atoms in total. The number of halogens is 1. The van der Waals surface area contributed by atoms with Crippen molar-refractivity contribution < 1.29 is 4.79 Å². The number of urea groups is 1. The van der Waals surface area contributed by atoms with Crippen LogP contribution >= 0.6 is 11.6 Å². The van der Waals surface area contributed by atoms with E-state index in [0.29, 0.717) is 24.0 Å². The molecule has 5 heteroatoms. The topological polar surface area (TPSA) is 54.0 Å². The Hall–Kier alpha value is -2.07. The molecule has 1 saturated carbocycles. The van der Waals surface area contributed by atoms with Crippen LogP contribution in [0.15, 0.2) is 42.6 Å². The molecule has 3 rings (SSSR count). The number of nitrogens with zero attached hydrogens (tertiary/aromatic N) is 1. The summed E-state index contributed by atoms with van der Waals surface area (Å²) in [6, 6.07) is 11.3. The minimum Gasteiger partial charge on any atom is -0.334 e. The molecule has 0 aliphatic heterocycles. The first-order valence-electron chi connectivity index (χ1n) is 7.42. The van der Waals surface area contributed by atoms with E-state index in [0.717, 1.165) is 16.8 Å². The molecule has 1 fully saturated rings. The predicted molar refractivity (Wildman–Crippen MR) is 86.7 cm³/mol. The van der Waals surface area contributed by atoms with Crippen LogP contribution in [0.3, 0.4) is 0 Å². The minimum atomic E-state index is -0.193. The molecule has 0 radical (unpaired) electrons. The van der Waals surface area contributed by atoms with Crippen LogP contribution in [0, 0.1) is 0 Å². The summed E-state index contributed by atoms with van der Waals surface area (Å²) in [7, 11) is 0. The summed E-state index contributed by atoms with van der Waals surface area (Å²) in [5, 5.41) is 6.33. The summed E-state index contributed by atoms with van der Waals surface area (Å²) < 4.78 is 0. The molecule has 0 bridgehead atoms. The molecule has 22 heavy (non-hydrogen) atoms. The van der Waals surface area contributed by atoms with Crippen LogP contribution in [0.2, 0.25) is 5.02 Å². The van der Waals surface area contributed by atoms with Crippen LogP contribution in [-0.2, 0) is 13.1 Å². The van der Waals surface area contributed by atoms with Crippen LogP contribution in [0.25, 0.3) is 0 Å². The Kier molecular flexibility index (Phi) is 4.59. The normalized spacial score (nSPS) is 13.7. The first-order valence-corrected chi connectivity index (χ1v) is 7.79. The fourth-order valence-corrected chi connectivity index (χ4v) is 2.32. The predicted octanol–water partition coefficient (Wildman–Crippen LogP) is 3.61. The molecule has 2 amide bonds. The molecule has 0 saturated heterocycles. The van der Waals surface area contributed by atoms with Gasteiger partial charge < -0.3 is 10.6 Å². The molecule has 0 spiro atoms. The van der Waals surface area contributed by atoms with E-state index in [1.54, 1.807) is 0 Å². The molecule has 2 N–H and O–H groups in total. The maximum Gasteiger partial charge on any atom is 0.315 e. The molecule has 1 aliphatic carbocycles. The smallest absolute Gasteiger partial charge is 0.315 e. The van der Waals surface area contributed by atoms with E-state index in [4.69, 9.17) is 11.6 Å². The summed E-state index contributed by atoms with van der Waals surface area (Å²) in [5.41, 5.74) is 3.18. The van der Waals surface area contributed by atoms with Gasteiger partial charge in [-0.1, -0.05) is 29.8 Å². The number of hydrogen-bond donors (Lipinski definition) is 2. The Bertz CT molecular complexity index is 636. The van der Waals surface area contributed by atoms with E-state index in [1.165, 1.54) is 12.8 Å². The van der Waals surface area contributed by atoms with Crippen molar-refractivity contribution in [2.75, 3.05) is 0 Å². The molecular formula is C17H18ClN3O. The number of nitrogens with one attached hydrogen (secondary N) is 2. The second-order valence-corrected chi connectivity index (χ2v) is 5.96. The number of hydrogen-bond acceptors (Lipinski definition) is 2. The first kappa shape index (κ1) is 14.9. The van der Waals surface area contributed by atoms with Crippen molar-refractivity contribution in [3.8, 4) is 0 Å². The van der Waals surface area contributed by atoms with Crippen molar-refractivity contribution in [3.05, 3.63) is 64.4 Å². The van der Waals surface area contributed by atoms with Gasteiger partial charge in [0.1, 0.15) is 0 Å². The molecule has 0 atom stereocenters. The van der Waals surface area contributed by atoms with Gasteiger partial charge in [0.15, 0.2) is 0 Å². The van der Waals surface area contributed by atoms with Gasteiger partial charge in [0, 0.05) is 35.9 Å². The number of amides is 2. The third kappa shape index (κ3) is 4.21. The Morgan fingerprint density at radius 3 is 2.27 bits per heavy atom. The standard InChI is InChI=1S/C17H18ClN3O/c18-15-6-1-12(2-7-15)9-20-17(22)21-11-13-3-8-16(19-10-13)14-4-5-14/h1-3,6-8,10,14H,4-5,9,11H2,(H2,20,21,22). The van der Waals surface area contributed by atoms with Crippen molar-refractivity contribution in [3.63, 3.8) is 0 Å². The van der Waals surface area contributed by atoms with Gasteiger partial charge in [-0.2, -0.15) is 0 Å². The summed E-state index contributed by atoms with van der Waals surface area (Å²) in [5.74, 6) is 0.657. The average molecular weight is 316 g/mol. The van der Waals surface area contributed by atoms with Crippen molar-refractivity contribution in [2.24, 2.45) is 0 Å². The summed E-state index contributed by atoms with van der Waals surface area (Å²) in [6.45, 7) is 0.951. The van der Waals surface area contributed by atoms with Gasteiger partial charge >= 0.3 is 6.03 Å². The Morgan fingerprint density at radius 1 is 1.05 bits per heavy atom. The highest BCUT2D eigenvalue weighted by atomic mass is 35.5. The molecule has 1 aromatic carbocycles. The molecule has 1 aromatic heterocycles. The van der Waals surface area contributed by atoms with Crippen LogP contribution in [-0.4, -0.2) is 11.0 Å². The van der Waals surface area contributed by atoms with Crippen LogP contribution in [0.1, 0.15) is 35.6 Å². The van der Waals surface area contributed by atoms with Crippen molar-refractivity contribution in [2.45, 2.75) is 31.8 Å². The largest absolute Gasteiger partial charge is 0.334 e. The van der Waals surface area contributed by atoms with Crippen LogP contribution in [0.5, 0.6) is 0 Å². The monoisotopic (exact) mass is 315 g/mol. The third-order valence-corrected chi connectivity index (χ3v) is 3.91. The van der Waals surface area contributed by atoms with Gasteiger partial charge in [-0.05, 0) is 42.2 Å². The van der Waals surface area contributed by atoms with Gasteiger partial charge in [0.2, 0.25) is 0 Å². The van der Waals surface area contributed by atoms with E-state index in [2.05, 4.69) is 21.7 Å². The first-order chi connectivity index (χ1) is 10.7. The maximum absolute atomic E-state index is 11.8. The van der Waals surface area contributed by atoms with Crippen molar-refractivity contribution in [1.82, 2.24) is 15.6 Å². The highest BCUT2D eigenvalue weighted by Crippen LogP contribution is 2.38. The van der Waals surface area contributed by atoms with Gasteiger partial charge in [-0.15, -0.1) is 0 Å². The number of aromatic nitrogens is 1. The maximum atomic E-state index is 11.8. The third-order valence-electron chi connectivity index (χ3n) is 3.66. The SMILES string of the molecule is O=C(NCc1ccc(Cl)cc1)NCc1ccc(C2CC2)nc1. The van der Waals surface area contributed by atoms with Crippen molar-refractivity contribution in [1.29, 1.82) is 0 Å². The molecular weight excluding hydrogens is 298 g/mol. The zero-order valence-electron chi connectivity index (χ0n) is 12.2. The second-order valence-electron chi connectivity index (χ2n) is 5.53. The van der Waals surface area contributed by atoms with Gasteiger partial charge in [-0.25, -0.2) is 4.79 Å². The lowest BCUT2D eigenvalue weighted by Gasteiger charge is -2.08. The second kappa shape index (κ2) is 6.79. The molecule has 1 heterocycles. The van der Waals surface area contributed by atoms with E-state index < -0.39 is 0 Å². The molecule has 1 aliphatic rings. The van der Waals surface area contributed by atoms with Crippen molar-refractivity contribution >= 4 is 17.6 Å². The quantitative estimate of drug-likeness (QED) is 0.885. The number of carbonyl (C=O) groups is 1. The fourth-order valence-electron chi connectivity index (χ4n) is 2.19. The fraction of sp³-hybridized carbons (Fsp3) is 0.294. The highest BCUT2D eigenvalue weighted by Gasteiger charge is 2.24. The molecule has 0 unspecified atom stereocenters. The Morgan fingerprint density at radius 2 is 1.68 bits per heavy atom. The van der Waals surface area contributed by atoms with E-state index in [9.17, 15) is 4.79 Å². The Labute approximate surface area is 134 Å². The van der Waals surface area contributed by atoms with E-state index >= 15 is 0 Å². The molecule has 114 valence electrons. The number of pyridine rings is 1. The van der Waals surface area contributed by atoms with Gasteiger partial charge in [0.25, 0.3) is 0 Å². The van der Waals surface area contributed by atoms with E-state index in [1.807, 2.05) is 36.5 Å². The number of carbonyl (C=O) groups excluding carboxylic acids is 1. The summed E-state index contributed by atoms with van der Waals surface area (Å²) in [4.78, 5) is 16.2. The van der Waals surface area contributed by atoms with E-state index in [-0.39, 0.29) is 6.03 Å². The highest BCUT2D eigenvalue weighted by molar-refractivity contribution is 6.30. The number of rotatable bonds is 5. The Balaban J connectivity index is 1.42. The van der Waals surface area contributed by atoms with Gasteiger partial charge in [0.05, 0.1) is 0 Å². The zero-order valence-corrected chi connectivity index (χ0v) is 12.9. The lowest BCUT2D eigenvalue weighted by molar-refractivity contribution is 0.240. The minimum absolute atomic E-state index is 0.193.